The van der Waals surface area contributed by atoms with E-state index in [-0.39, 0.29) is 18.2 Å². The highest BCUT2D eigenvalue weighted by molar-refractivity contribution is 14.1. The minimum atomic E-state index is -0.410. The number of phenols is 1. The van der Waals surface area contributed by atoms with Gasteiger partial charge in [0.15, 0.2) is 5.75 Å². The van der Waals surface area contributed by atoms with E-state index in [1.54, 1.807) is 19.2 Å². The molecular weight excluding hydrogens is 373 g/mol. The Bertz CT molecular complexity index is 506. The zero-order valence-electron chi connectivity index (χ0n) is 11.4. The third kappa shape index (κ3) is 4.26. The van der Waals surface area contributed by atoms with Crippen molar-refractivity contribution in [2.45, 2.75) is 13.3 Å². The SMILES string of the molecule is CCCNC(=O)CNC(=O)c1ccc(I)c(O)c1NC. The normalized spacial score (nSPS) is 9.95. The number of benzene rings is 1. The van der Waals surface area contributed by atoms with Gasteiger partial charge in [0.1, 0.15) is 0 Å². The van der Waals surface area contributed by atoms with E-state index in [4.69, 9.17) is 0 Å². The van der Waals surface area contributed by atoms with E-state index in [0.717, 1.165) is 6.42 Å². The molecule has 0 spiro atoms. The number of anilines is 1. The van der Waals surface area contributed by atoms with Crippen molar-refractivity contribution in [3.8, 4) is 5.75 Å². The van der Waals surface area contributed by atoms with Crippen molar-refractivity contribution >= 4 is 40.1 Å². The summed E-state index contributed by atoms with van der Waals surface area (Å²) in [4.78, 5) is 23.4. The Labute approximate surface area is 131 Å². The van der Waals surface area contributed by atoms with Crippen molar-refractivity contribution in [3.05, 3.63) is 21.3 Å². The first kappa shape index (κ1) is 16.5. The molecule has 0 radical (unpaired) electrons. The molecule has 4 N–H and O–H groups in total. The summed E-state index contributed by atoms with van der Waals surface area (Å²) in [5, 5.41) is 17.9. The van der Waals surface area contributed by atoms with Crippen molar-refractivity contribution in [1.29, 1.82) is 0 Å². The number of carbonyl (C=O) groups is 2. The molecule has 0 heterocycles. The van der Waals surface area contributed by atoms with E-state index in [1.165, 1.54) is 0 Å². The first-order valence-corrected chi connectivity index (χ1v) is 7.33. The zero-order valence-corrected chi connectivity index (χ0v) is 13.6. The highest BCUT2D eigenvalue weighted by atomic mass is 127. The number of hydrogen-bond acceptors (Lipinski definition) is 4. The lowest BCUT2D eigenvalue weighted by molar-refractivity contribution is -0.120. The van der Waals surface area contributed by atoms with Crippen LogP contribution in [-0.4, -0.2) is 37.1 Å². The minimum Gasteiger partial charge on any atom is -0.505 e. The third-order valence-corrected chi connectivity index (χ3v) is 3.48. The predicted molar refractivity (Wildman–Crippen MR) is 86.0 cm³/mol. The van der Waals surface area contributed by atoms with Crippen molar-refractivity contribution in [1.82, 2.24) is 10.6 Å². The maximum Gasteiger partial charge on any atom is 0.253 e. The van der Waals surface area contributed by atoms with Gasteiger partial charge in [-0.05, 0) is 41.1 Å². The van der Waals surface area contributed by atoms with Crippen LogP contribution in [0.15, 0.2) is 12.1 Å². The van der Waals surface area contributed by atoms with Crippen LogP contribution in [0.3, 0.4) is 0 Å². The van der Waals surface area contributed by atoms with Gasteiger partial charge in [-0.2, -0.15) is 0 Å². The Balaban J connectivity index is 2.73. The van der Waals surface area contributed by atoms with Crippen molar-refractivity contribution in [2.24, 2.45) is 0 Å². The summed E-state index contributed by atoms with van der Waals surface area (Å²) in [6, 6.07) is 3.25. The lowest BCUT2D eigenvalue weighted by atomic mass is 10.1. The second-order valence-corrected chi connectivity index (χ2v) is 5.26. The van der Waals surface area contributed by atoms with Gasteiger partial charge in [-0.1, -0.05) is 6.92 Å². The van der Waals surface area contributed by atoms with Gasteiger partial charge >= 0.3 is 0 Å². The number of rotatable bonds is 6. The highest BCUT2D eigenvalue weighted by Gasteiger charge is 2.16. The van der Waals surface area contributed by atoms with Gasteiger partial charge in [0.05, 0.1) is 21.4 Å². The fraction of sp³-hybridized carbons (Fsp3) is 0.385. The molecule has 0 saturated carbocycles. The molecule has 1 aromatic carbocycles. The summed E-state index contributed by atoms with van der Waals surface area (Å²) in [7, 11) is 1.62. The van der Waals surface area contributed by atoms with E-state index >= 15 is 0 Å². The second kappa shape index (κ2) is 7.93. The lowest BCUT2D eigenvalue weighted by Crippen LogP contribution is -2.37. The van der Waals surface area contributed by atoms with Crippen LogP contribution < -0.4 is 16.0 Å². The first-order valence-electron chi connectivity index (χ1n) is 6.25. The molecule has 20 heavy (non-hydrogen) atoms. The van der Waals surface area contributed by atoms with Crippen LogP contribution in [0, 0.1) is 3.57 Å². The topological polar surface area (TPSA) is 90.5 Å². The number of phenolic OH excluding ortho intramolecular Hbond substituents is 1. The number of carbonyl (C=O) groups excluding carboxylic acids is 2. The van der Waals surface area contributed by atoms with Crippen LogP contribution in [0.25, 0.3) is 0 Å². The Morgan fingerprint density at radius 1 is 1.30 bits per heavy atom. The molecule has 110 valence electrons. The maximum atomic E-state index is 12.0. The summed E-state index contributed by atoms with van der Waals surface area (Å²) in [6.45, 7) is 2.45. The van der Waals surface area contributed by atoms with Crippen LogP contribution in [-0.2, 0) is 4.79 Å². The largest absolute Gasteiger partial charge is 0.505 e. The molecule has 0 fully saturated rings. The Kier molecular flexibility index (Phi) is 6.56. The number of hydrogen-bond donors (Lipinski definition) is 4. The number of aromatic hydroxyl groups is 1. The molecule has 0 atom stereocenters. The van der Waals surface area contributed by atoms with E-state index in [0.29, 0.717) is 21.4 Å². The molecule has 0 aliphatic carbocycles. The molecular formula is C13H18IN3O3. The van der Waals surface area contributed by atoms with Crippen molar-refractivity contribution in [3.63, 3.8) is 0 Å². The van der Waals surface area contributed by atoms with Gasteiger partial charge in [0, 0.05) is 13.6 Å². The number of nitrogens with one attached hydrogen (secondary N) is 3. The van der Waals surface area contributed by atoms with Crippen molar-refractivity contribution < 1.29 is 14.7 Å². The Morgan fingerprint density at radius 2 is 2.00 bits per heavy atom. The van der Waals surface area contributed by atoms with E-state index in [9.17, 15) is 14.7 Å². The quantitative estimate of drug-likeness (QED) is 0.435. The summed E-state index contributed by atoms with van der Waals surface area (Å²) < 4.78 is 0.643. The van der Waals surface area contributed by atoms with E-state index in [1.807, 2.05) is 29.5 Å². The summed E-state index contributed by atoms with van der Waals surface area (Å²) in [5.74, 6) is -0.621. The molecule has 0 saturated heterocycles. The molecule has 1 rings (SSSR count). The highest BCUT2D eigenvalue weighted by Crippen LogP contribution is 2.31. The van der Waals surface area contributed by atoms with E-state index < -0.39 is 5.91 Å². The zero-order chi connectivity index (χ0) is 15.1. The van der Waals surface area contributed by atoms with Gasteiger partial charge in [0.25, 0.3) is 5.91 Å². The molecule has 0 aliphatic heterocycles. The molecule has 7 heteroatoms. The lowest BCUT2D eigenvalue weighted by Gasteiger charge is -2.12. The van der Waals surface area contributed by atoms with Gasteiger partial charge in [-0.3, -0.25) is 9.59 Å². The van der Waals surface area contributed by atoms with Crippen LogP contribution in [0.2, 0.25) is 0 Å². The van der Waals surface area contributed by atoms with Gasteiger partial charge in [0.2, 0.25) is 5.91 Å². The van der Waals surface area contributed by atoms with Crippen LogP contribution in [0.1, 0.15) is 23.7 Å². The number of amides is 2. The fourth-order valence-corrected chi connectivity index (χ4v) is 2.04. The smallest absolute Gasteiger partial charge is 0.253 e. The molecule has 0 aromatic heterocycles. The van der Waals surface area contributed by atoms with Crippen LogP contribution >= 0.6 is 22.6 Å². The summed E-state index contributed by atoms with van der Waals surface area (Å²) in [5.41, 5.74) is 0.650. The second-order valence-electron chi connectivity index (χ2n) is 4.10. The summed E-state index contributed by atoms with van der Waals surface area (Å²) in [6.07, 6.45) is 0.842. The monoisotopic (exact) mass is 391 g/mol. The van der Waals surface area contributed by atoms with Gasteiger partial charge < -0.3 is 21.1 Å². The minimum absolute atomic E-state index is 0.0242. The molecule has 2 amide bonds. The average molecular weight is 391 g/mol. The summed E-state index contributed by atoms with van der Waals surface area (Å²) >= 11 is 1.97. The standard InChI is InChI=1S/C13H18IN3O3/c1-3-6-16-10(18)7-17-13(20)8-4-5-9(14)12(19)11(8)15-2/h4-5,15,19H,3,6-7H2,1-2H3,(H,16,18)(H,17,20). The molecule has 6 nitrogen and oxygen atoms in total. The third-order valence-electron chi connectivity index (χ3n) is 2.60. The fourth-order valence-electron chi connectivity index (χ4n) is 1.59. The molecule has 0 unspecified atom stereocenters. The van der Waals surface area contributed by atoms with Gasteiger partial charge in [-0.25, -0.2) is 0 Å². The predicted octanol–water partition coefficient (Wildman–Crippen LogP) is 1.29. The van der Waals surface area contributed by atoms with Crippen molar-refractivity contribution in [2.75, 3.05) is 25.5 Å². The Hall–Kier alpha value is -1.51. The van der Waals surface area contributed by atoms with E-state index in [2.05, 4.69) is 16.0 Å². The maximum absolute atomic E-state index is 12.0. The molecule has 0 bridgehead atoms. The number of halogens is 1. The van der Waals surface area contributed by atoms with Gasteiger partial charge in [-0.15, -0.1) is 0 Å². The van der Waals surface area contributed by atoms with Crippen LogP contribution in [0.4, 0.5) is 5.69 Å². The van der Waals surface area contributed by atoms with Crippen LogP contribution in [0.5, 0.6) is 5.75 Å². The molecule has 0 aliphatic rings. The molecule has 1 aromatic rings. The average Bonchev–Trinajstić information content (AvgIpc) is 2.45. The first-order chi connectivity index (χ1) is 9.51. The Morgan fingerprint density at radius 3 is 2.60 bits per heavy atom.